The second-order valence-electron chi connectivity index (χ2n) is 8.91. The SMILES string of the molecule is Cc1nn(C2CCS(=O)(=O)C2)c(C)c1N1CCN(CC(=O)Nc2cccc(C(F)(F)F)c2)CC1. The molecule has 8 nitrogen and oxygen atoms in total. The predicted molar refractivity (Wildman–Crippen MR) is 123 cm³/mol. The van der Waals surface area contributed by atoms with E-state index in [1.807, 2.05) is 23.4 Å². The number of carbonyl (C=O) groups excluding carboxylic acids is 1. The van der Waals surface area contributed by atoms with Gasteiger partial charge in [-0.15, -0.1) is 0 Å². The zero-order valence-corrected chi connectivity index (χ0v) is 19.9. The van der Waals surface area contributed by atoms with Gasteiger partial charge in [0.25, 0.3) is 0 Å². The zero-order valence-electron chi connectivity index (χ0n) is 19.1. The van der Waals surface area contributed by atoms with Crippen LogP contribution >= 0.6 is 0 Å². The lowest BCUT2D eigenvalue weighted by Crippen LogP contribution is -2.49. The van der Waals surface area contributed by atoms with Crippen LogP contribution in [0.5, 0.6) is 0 Å². The molecule has 1 N–H and O–H groups in total. The fraction of sp³-hybridized carbons (Fsp3) is 0.545. The number of alkyl halides is 3. The van der Waals surface area contributed by atoms with Gasteiger partial charge in [-0.05, 0) is 38.5 Å². The van der Waals surface area contributed by atoms with E-state index in [4.69, 9.17) is 0 Å². The molecule has 1 aromatic carbocycles. The van der Waals surface area contributed by atoms with E-state index in [1.54, 1.807) is 0 Å². The van der Waals surface area contributed by atoms with Gasteiger partial charge in [0.15, 0.2) is 9.84 Å². The predicted octanol–water partition coefficient (Wildman–Crippen LogP) is 2.64. The molecule has 0 radical (unpaired) electrons. The number of hydrogen-bond donors (Lipinski definition) is 1. The fourth-order valence-corrected chi connectivity index (χ4v) is 6.43. The Morgan fingerprint density at radius 2 is 1.88 bits per heavy atom. The van der Waals surface area contributed by atoms with Crippen molar-refractivity contribution < 1.29 is 26.4 Å². The Morgan fingerprint density at radius 1 is 1.18 bits per heavy atom. The van der Waals surface area contributed by atoms with Crippen LogP contribution in [0.3, 0.4) is 0 Å². The highest BCUT2D eigenvalue weighted by Crippen LogP contribution is 2.32. The van der Waals surface area contributed by atoms with Crippen LogP contribution in [-0.2, 0) is 20.8 Å². The number of nitrogens with one attached hydrogen (secondary N) is 1. The average molecular weight is 500 g/mol. The van der Waals surface area contributed by atoms with E-state index in [2.05, 4.69) is 15.3 Å². The molecule has 186 valence electrons. The van der Waals surface area contributed by atoms with Gasteiger partial charge >= 0.3 is 6.18 Å². The first kappa shape index (κ1) is 24.5. The van der Waals surface area contributed by atoms with Gasteiger partial charge < -0.3 is 10.2 Å². The third kappa shape index (κ3) is 5.38. The van der Waals surface area contributed by atoms with E-state index in [-0.39, 0.29) is 35.7 Å². The van der Waals surface area contributed by atoms with Crippen molar-refractivity contribution in [2.24, 2.45) is 0 Å². The molecule has 2 aromatic rings. The van der Waals surface area contributed by atoms with Gasteiger partial charge in [-0.2, -0.15) is 18.3 Å². The third-order valence-electron chi connectivity index (χ3n) is 6.37. The van der Waals surface area contributed by atoms with Crippen LogP contribution in [0.1, 0.15) is 29.4 Å². The van der Waals surface area contributed by atoms with Gasteiger partial charge in [-0.1, -0.05) is 6.07 Å². The molecule has 34 heavy (non-hydrogen) atoms. The first-order chi connectivity index (χ1) is 15.9. The van der Waals surface area contributed by atoms with Gasteiger partial charge in [0.1, 0.15) is 0 Å². The molecule has 2 aliphatic heterocycles. The second kappa shape index (κ2) is 9.21. The maximum Gasteiger partial charge on any atom is 0.416 e. The van der Waals surface area contributed by atoms with Crippen molar-refractivity contribution in [2.75, 3.05) is 54.4 Å². The van der Waals surface area contributed by atoms with Crippen LogP contribution in [0.2, 0.25) is 0 Å². The van der Waals surface area contributed by atoms with Crippen LogP contribution < -0.4 is 10.2 Å². The lowest BCUT2D eigenvalue weighted by Gasteiger charge is -2.36. The minimum atomic E-state index is -4.47. The monoisotopic (exact) mass is 499 g/mol. The lowest BCUT2D eigenvalue weighted by atomic mass is 10.2. The molecule has 3 heterocycles. The lowest BCUT2D eigenvalue weighted by molar-refractivity contribution is -0.137. The van der Waals surface area contributed by atoms with Crippen molar-refractivity contribution >= 4 is 27.1 Å². The van der Waals surface area contributed by atoms with E-state index in [9.17, 15) is 26.4 Å². The molecule has 2 saturated heterocycles. The minimum absolute atomic E-state index is 0.0846. The van der Waals surface area contributed by atoms with E-state index in [0.29, 0.717) is 32.6 Å². The van der Waals surface area contributed by atoms with Crippen molar-refractivity contribution in [3.05, 3.63) is 41.2 Å². The van der Waals surface area contributed by atoms with Crippen LogP contribution in [-0.4, -0.2) is 73.2 Å². The standard InChI is InChI=1S/C22H28F3N5O3S/c1-15-21(16(2)30(27-15)19-6-11-34(32,33)14-19)29-9-7-28(8-10-29)13-20(31)26-18-5-3-4-17(12-18)22(23,24)25/h3-5,12,19H,6-11,13-14H2,1-2H3,(H,26,31). The summed E-state index contributed by atoms with van der Waals surface area (Å²) in [6, 6.07) is 4.45. The quantitative estimate of drug-likeness (QED) is 0.681. The molecular weight excluding hydrogens is 471 g/mol. The smallest absolute Gasteiger partial charge is 0.366 e. The summed E-state index contributed by atoms with van der Waals surface area (Å²) < 4.78 is 64.2. The van der Waals surface area contributed by atoms with Gasteiger partial charge in [0, 0.05) is 31.9 Å². The molecule has 0 saturated carbocycles. The fourth-order valence-electron chi connectivity index (χ4n) is 4.74. The summed E-state index contributed by atoms with van der Waals surface area (Å²) in [5, 5.41) is 7.17. The Hall–Kier alpha value is -2.60. The normalized spacial score (nSPS) is 21.1. The Labute approximate surface area is 196 Å². The first-order valence-corrected chi connectivity index (χ1v) is 13.0. The number of anilines is 2. The number of halogens is 3. The maximum atomic E-state index is 12.9. The zero-order chi connectivity index (χ0) is 24.7. The van der Waals surface area contributed by atoms with Gasteiger partial charge in [-0.3, -0.25) is 14.4 Å². The molecule has 0 bridgehead atoms. The number of rotatable bonds is 5. The summed E-state index contributed by atoms with van der Waals surface area (Å²) in [7, 11) is -3.01. The topological polar surface area (TPSA) is 87.5 Å². The number of sulfone groups is 1. The second-order valence-corrected chi connectivity index (χ2v) is 11.1. The van der Waals surface area contributed by atoms with Crippen LogP contribution in [0.25, 0.3) is 0 Å². The van der Waals surface area contributed by atoms with Crippen molar-refractivity contribution in [2.45, 2.75) is 32.5 Å². The number of nitrogens with zero attached hydrogens (tertiary/aromatic N) is 4. The third-order valence-corrected chi connectivity index (χ3v) is 8.12. The average Bonchev–Trinajstić information content (AvgIpc) is 3.26. The number of amides is 1. The Balaban J connectivity index is 1.34. The van der Waals surface area contributed by atoms with Crippen LogP contribution in [0.15, 0.2) is 24.3 Å². The highest BCUT2D eigenvalue weighted by atomic mass is 32.2. The Bertz CT molecular complexity index is 1170. The molecule has 1 atom stereocenters. The van der Waals surface area contributed by atoms with Crippen molar-refractivity contribution in [1.82, 2.24) is 14.7 Å². The largest absolute Gasteiger partial charge is 0.416 e. The number of carbonyl (C=O) groups is 1. The van der Waals surface area contributed by atoms with Gasteiger partial charge in [0.2, 0.25) is 5.91 Å². The summed E-state index contributed by atoms with van der Waals surface area (Å²) in [6.07, 6.45) is -3.90. The van der Waals surface area contributed by atoms with E-state index < -0.39 is 21.6 Å². The minimum Gasteiger partial charge on any atom is -0.366 e. The summed E-state index contributed by atoms with van der Waals surface area (Å²) in [5.74, 6) is -0.0640. The number of piperazine rings is 1. The molecule has 1 amide bonds. The highest BCUT2D eigenvalue weighted by Gasteiger charge is 2.33. The molecule has 1 aromatic heterocycles. The molecule has 0 aliphatic carbocycles. The molecule has 0 spiro atoms. The number of hydrogen-bond acceptors (Lipinski definition) is 6. The molecular formula is C22H28F3N5O3S. The van der Waals surface area contributed by atoms with Crippen molar-refractivity contribution in [1.29, 1.82) is 0 Å². The van der Waals surface area contributed by atoms with Gasteiger partial charge in [0.05, 0.1) is 46.7 Å². The number of aromatic nitrogens is 2. The van der Waals surface area contributed by atoms with Crippen molar-refractivity contribution in [3.63, 3.8) is 0 Å². The molecule has 2 fully saturated rings. The number of benzene rings is 1. The van der Waals surface area contributed by atoms with E-state index in [0.717, 1.165) is 29.2 Å². The molecule has 12 heteroatoms. The maximum absolute atomic E-state index is 12.9. The number of aryl methyl sites for hydroxylation is 1. The van der Waals surface area contributed by atoms with E-state index in [1.165, 1.54) is 12.1 Å². The molecule has 2 aliphatic rings. The van der Waals surface area contributed by atoms with E-state index >= 15 is 0 Å². The Kier molecular flexibility index (Phi) is 6.65. The summed E-state index contributed by atoms with van der Waals surface area (Å²) in [6.45, 7) is 6.49. The summed E-state index contributed by atoms with van der Waals surface area (Å²) in [4.78, 5) is 16.5. The summed E-state index contributed by atoms with van der Waals surface area (Å²) in [5.41, 5.74) is 2.09. The van der Waals surface area contributed by atoms with Gasteiger partial charge in [-0.25, -0.2) is 8.42 Å². The summed E-state index contributed by atoms with van der Waals surface area (Å²) >= 11 is 0. The Morgan fingerprint density at radius 3 is 2.50 bits per heavy atom. The van der Waals surface area contributed by atoms with Crippen LogP contribution in [0, 0.1) is 13.8 Å². The highest BCUT2D eigenvalue weighted by molar-refractivity contribution is 7.91. The molecule has 1 unspecified atom stereocenters. The van der Waals surface area contributed by atoms with Crippen molar-refractivity contribution in [3.8, 4) is 0 Å². The first-order valence-electron chi connectivity index (χ1n) is 11.1. The molecule has 4 rings (SSSR count). The van der Waals surface area contributed by atoms with Crippen LogP contribution in [0.4, 0.5) is 24.5 Å².